The lowest BCUT2D eigenvalue weighted by atomic mass is 10.0. The molecule has 188 valence electrons. The van der Waals surface area contributed by atoms with Crippen LogP contribution in [0.5, 0.6) is 0 Å². The number of aromatic nitrogens is 1. The molecule has 0 aliphatic carbocycles. The Hall–Kier alpha value is -2.83. The molecule has 0 spiro atoms. The third kappa shape index (κ3) is 5.09. The molecule has 0 saturated carbocycles. The summed E-state index contributed by atoms with van der Waals surface area (Å²) in [5.74, 6) is 0.120. The molecule has 4 rings (SSSR count). The van der Waals surface area contributed by atoms with Crippen LogP contribution in [-0.4, -0.2) is 66.7 Å². The highest BCUT2D eigenvalue weighted by Gasteiger charge is 2.24. The van der Waals surface area contributed by atoms with Crippen LogP contribution in [-0.2, 0) is 17.8 Å². The van der Waals surface area contributed by atoms with Gasteiger partial charge in [0.05, 0.1) is 17.8 Å². The first-order valence-corrected chi connectivity index (χ1v) is 12.8. The van der Waals surface area contributed by atoms with Crippen molar-refractivity contribution in [3.8, 4) is 0 Å². The topological polar surface area (TPSA) is 49.7 Å². The Bertz CT molecular complexity index is 1190. The molecule has 6 nitrogen and oxygen atoms in total. The number of nitrogens with one attached hydrogen (secondary N) is 1. The summed E-state index contributed by atoms with van der Waals surface area (Å²) >= 11 is 0. The molecule has 1 amide bonds. The number of hydrogen-bond donors (Lipinski definition) is 1. The third-order valence-corrected chi connectivity index (χ3v) is 7.67. The van der Waals surface area contributed by atoms with Crippen molar-refractivity contribution in [2.24, 2.45) is 0 Å². The Labute approximate surface area is 209 Å². The molecule has 6 heteroatoms. The first kappa shape index (κ1) is 25.3. The van der Waals surface area contributed by atoms with E-state index in [-0.39, 0.29) is 5.91 Å². The first-order chi connectivity index (χ1) is 16.8. The fourth-order valence-corrected chi connectivity index (χ4v) is 5.32. The maximum atomic E-state index is 13.6. The summed E-state index contributed by atoms with van der Waals surface area (Å²) in [6.07, 6.45) is 0. The van der Waals surface area contributed by atoms with Crippen molar-refractivity contribution in [3.05, 3.63) is 63.8 Å². The predicted octanol–water partition coefficient (Wildman–Crippen LogP) is 4.91. The van der Waals surface area contributed by atoms with E-state index in [2.05, 4.69) is 79.7 Å². The van der Waals surface area contributed by atoms with Gasteiger partial charge >= 0.3 is 0 Å². The van der Waals surface area contributed by atoms with Crippen molar-refractivity contribution in [3.63, 3.8) is 0 Å². The van der Waals surface area contributed by atoms with Crippen LogP contribution in [0.15, 0.2) is 30.3 Å². The Balaban J connectivity index is 1.66. The van der Waals surface area contributed by atoms with Gasteiger partial charge in [-0.2, -0.15) is 0 Å². The molecule has 35 heavy (non-hydrogen) atoms. The van der Waals surface area contributed by atoms with E-state index < -0.39 is 0 Å². The molecule has 1 aromatic heterocycles. The van der Waals surface area contributed by atoms with E-state index >= 15 is 0 Å². The quantitative estimate of drug-likeness (QED) is 0.502. The molecule has 0 atom stereocenters. The summed E-state index contributed by atoms with van der Waals surface area (Å²) in [6.45, 7) is 17.4. The van der Waals surface area contributed by atoms with Crippen LogP contribution in [0, 0.1) is 27.7 Å². The van der Waals surface area contributed by atoms with E-state index in [0.29, 0.717) is 0 Å². The number of nitrogens with zero attached hydrogens (tertiary/aromatic N) is 3. The Morgan fingerprint density at radius 2 is 1.71 bits per heavy atom. The average Bonchev–Trinajstić information content (AvgIpc) is 3.11. The summed E-state index contributed by atoms with van der Waals surface area (Å²) in [5, 5.41) is 4.88. The molecule has 2 heterocycles. The summed E-state index contributed by atoms with van der Waals surface area (Å²) in [7, 11) is 1.73. The average molecular weight is 477 g/mol. The molecule has 0 unspecified atom stereocenters. The van der Waals surface area contributed by atoms with E-state index in [4.69, 9.17) is 4.74 Å². The largest absolute Gasteiger partial charge is 0.383 e. The molecule has 0 radical (unpaired) electrons. The fraction of sp³-hybridized carbons (Fsp3) is 0.483. The SMILES string of the molecule is CCn1c(C)c(C)c2cc(C(=O)N3CCN(CCOC)CC3)cc(NCc3c(C)cccc3C)c21. The van der Waals surface area contributed by atoms with Crippen molar-refractivity contribution in [2.45, 2.75) is 47.7 Å². The zero-order valence-electron chi connectivity index (χ0n) is 22.2. The molecule has 1 N–H and O–H groups in total. The predicted molar refractivity (Wildman–Crippen MR) is 145 cm³/mol. The number of ether oxygens (including phenoxy) is 1. The Morgan fingerprint density at radius 1 is 1.03 bits per heavy atom. The zero-order chi connectivity index (χ0) is 25.1. The second kappa shape index (κ2) is 10.8. The van der Waals surface area contributed by atoms with Gasteiger partial charge in [-0.3, -0.25) is 9.69 Å². The standard InChI is InChI=1S/C29H40N4O2/c1-7-33-23(5)22(4)25-17-24(29(34)32-13-11-31(12-14-32)15-16-35-6)18-27(28(25)33)30-19-26-20(2)9-8-10-21(26)3/h8-10,17-18,30H,7,11-16,19H2,1-6H3. The van der Waals surface area contributed by atoms with Gasteiger partial charge in [-0.15, -0.1) is 0 Å². The molecule has 1 aliphatic rings. The number of carbonyl (C=O) groups is 1. The van der Waals surface area contributed by atoms with Crippen molar-refractivity contribution in [2.75, 3.05) is 51.8 Å². The van der Waals surface area contributed by atoms with E-state index in [1.807, 2.05) is 4.90 Å². The van der Waals surface area contributed by atoms with Gasteiger partial charge in [0.1, 0.15) is 0 Å². The van der Waals surface area contributed by atoms with Gasteiger partial charge in [0.2, 0.25) is 0 Å². The highest BCUT2D eigenvalue weighted by molar-refractivity contribution is 6.04. The molecular weight excluding hydrogens is 436 g/mol. The highest BCUT2D eigenvalue weighted by atomic mass is 16.5. The van der Waals surface area contributed by atoms with Crippen LogP contribution in [0.2, 0.25) is 0 Å². The molecule has 1 aliphatic heterocycles. The van der Waals surface area contributed by atoms with Crippen LogP contribution in [0.3, 0.4) is 0 Å². The summed E-state index contributed by atoms with van der Waals surface area (Å²) in [5.41, 5.74) is 9.37. The van der Waals surface area contributed by atoms with Gasteiger partial charge in [-0.1, -0.05) is 18.2 Å². The van der Waals surface area contributed by atoms with Crippen LogP contribution >= 0.6 is 0 Å². The molecule has 0 bridgehead atoms. The maximum absolute atomic E-state index is 13.6. The molecular formula is C29H40N4O2. The maximum Gasteiger partial charge on any atom is 0.254 e. The first-order valence-electron chi connectivity index (χ1n) is 12.8. The molecule has 1 fully saturated rings. The summed E-state index contributed by atoms with van der Waals surface area (Å²) in [6, 6.07) is 10.6. The minimum absolute atomic E-state index is 0.120. The minimum Gasteiger partial charge on any atom is -0.383 e. The van der Waals surface area contributed by atoms with Crippen molar-refractivity contribution in [1.29, 1.82) is 0 Å². The zero-order valence-corrected chi connectivity index (χ0v) is 22.2. The number of aryl methyl sites for hydroxylation is 4. The fourth-order valence-electron chi connectivity index (χ4n) is 5.32. The molecule has 1 saturated heterocycles. The van der Waals surface area contributed by atoms with Crippen LogP contribution in [0.1, 0.15) is 45.2 Å². The molecule has 2 aromatic carbocycles. The van der Waals surface area contributed by atoms with E-state index in [0.717, 1.165) is 69.1 Å². The Morgan fingerprint density at radius 3 is 2.34 bits per heavy atom. The van der Waals surface area contributed by atoms with Gasteiger partial charge in [0.15, 0.2) is 0 Å². The van der Waals surface area contributed by atoms with Crippen molar-refractivity contribution >= 4 is 22.5 Å². The summed E-state index contributed by atoms with van der Waals surface area (Å²) < 4.78 is 7.57. The number of amides is 1. The van der Waals surface area contributed by atoms with Gasteiger partial charge in [-0.05, 0) is 69.0 Å². The number of anilines is 1. The lowest BCUT2D eigenvalue weighted by molar-refractivity contribution is 0.0594. The second-order valence-corrected chi connectivity index (χ2v) is 9.73. The number of piperazine rings is 1. The number of rotatable bonds is 8. The third-order valence-electron chi connectivity index (χ3n) is 7.67. The Kier molecular flexibility index (Phi) is 7.82. The van der Waals surface area contributed by atoms with E-state index in [1.165, 1.54) is 33.5 Å². The number of hydrogen-bond acceptors (Lipinski definition) is 4. The number of methoxy groups -OCH3 is 1. The highest BCUT2D eigenvalue weighted by Crippen LogP contribution is 2.34. The number of fused-ring (bicyclic) bond motifs is 1. The van der Waals surface area contributed by atoms with Crippen LogP contribution in [0.25, 0.3) is 10.9 Å². The van der Waals surface area contributed by atoms with Crippen molar-refractivity contribution in [1.82, 2.24) is 14.4 Å². The smallest absolute Gasteiger partial charge is 0.254 e. The normalized spacial score (nSPS) is 14.6. The lowest BCUT2D eigenvalue weighted by Gasteiger charge is -2.34. The van der Waals surface area contributed by atoms with Gasteiger partial charge in [0, 0.05) is 69.6 Å². The van der Waals surface area contributed by atoms with Gasteiger partial charge in [0.25, 0.3) is 5.91 Å². The minimum atomic E-state index is 0.120. The number of benzene rings is 2. The number of carbonyl (C=O) groups excluding carboxylic acids is 1. The van der Waals surface area contributed by atoms with Crippen LogP contribution in [0.4, 0.5) is 5.69 Å². The monoisotopic (exact) mass is 476 g/mol. The van der Waals surface area contributed by atoms with Crippen LogP contribution < -0.4 is 5.32 Å². The molecule has 3 aromatic rings. The van der Waals surface area contributed by atoms with E-state index in [1.54, 1.807) is 7.11 Å². The van der Waals surface area contributed by atoms with Gasteiger partial charge in [-0.25, -0.2) is 0 Å². The summed E-state index contributed by atoms with van der Waals surface area (Å²) in [4.78, 5) is 18.0. The second-order valence-electron chi connectivity index (χ2n) is 9.73. The van der Waals surface area contributed by atoms with Gasteiger partial charge < -0.3 is 19.5 Å². The lowest BCUT2D eigenvalue weighted by Crippen LogP contribution is -2.49. The van der Waals surface area contributed by atoms with E-state index in [9.17, 15) is 4.79 Å². The van der Waals surface area contributed by atoms with Crippen molar-refractivity contribution < 1.29 is 9.53 Å².